The number of aromatic nitrogens is 2. The number of benzene rings is 1. The normalized spacial score (nSPS) is 10.3. The summed E-state index contributed by atoms with van der Waals surface area (Å²) in [6.45, 7) is 4.87. The van der Waals surface area contributed by atoms with Crippen molar-refractivity contribution < 1.29 is 4.74 Å². The zero-order valence-electron chi connectivity index (χ0n) is 11.2. The van der Waals surface area contributed by atoms with E-state index in [1.165, 1.54) is 11.9 Å². The monoisotopic (exact) mass is 277 g/mol. The van der Waals surface area contributed by atoms with E-state index in [0.29, 0.717) is 16.7 Å². The molecule has 0 aliphatic heterocycles. The van der Waals surface area contributed by atoms with Crippen molar-refractivity contribution in [2.75, 3.05) is 18.6 Å². The van der Waals surface area contributed by atoms with Gasteiger partial charge in [-0.2, -0.15) is 0 Å². The first kappa shape index (κ1) is 13.6. The Bertz CT molecular complexity index is 574. The molecule has 2 rings (SSSR count). The first-order valence-electron chi connectivity index (χ1n) is 6.06. The van der Waals surface area contributed by atoms with Crippen LogP contribution in [0, 0.1) is 6.92 Å². The minimum absolute atomic E-state index is 0.318. The summed E-state index contributed by atoms with van der Waals surface area (Å²) in [7, 11) is 1.57. The van der Waals surface area contributed by atoms with E-state index in [0.717, 1.165) is 12.2 Å². The number of nitrogens with zero attached hydrogens (tertiary/aromatic N) is 3. The molecule has 4 nitrogen and oxygen atoms in total. The molecule has 0 radical (unpaired) electrons. The number of anilines is 2. The van der Waals surface area contributed by atoms with Gasteiger partial charge in [0.25, 0.3) is 0 Å². The lowest BCUT2D eigenvalue weighted by Gasteiger charge is -2.24. The van der Waals surface area contributed by atoms with Crippen LogP contribution in [0.4, 0.5) is 11.5 Å². The first-order valence-corrected chi connectivity index (χ1v) is 6.43. The van der Waals surface area contributed by atoms with E-state index in [1.54, 1.807) is 7.11 Å². The Hall–Kier alpha value is -1.81. The van der Waals surface area contributed by atoms with Crippen molar-refractivity contribution in [3.63, 3.8) is 0 Å². The van der Waals surface area contributed by atoms with Crippen LogP contribution in [0.15, 0.2) is 30.6 Å². The summed E-state index contributed by atoms with van der Waals surface area (Å²) in [5.74, 6) is 1.17. The van der Waals surface area contributed by atoms with Gasteiger partial charge in [-0.1, -0.05) is 23.7 Å². The third-order valence-electron chi connectivity index (χ3n) is 2.83. The van der Waals surface area contributed by atoms with E-state index < -0.39 is 0 Å². The second kappa shape index (κ2) is 5.89. The Kier molecular flexibility index (Phi) is 4.22. The number of rotatable bonds is 4. The highest BCUT2D eigenvalue weighted by Gasteiger charge is 2.17. The van der Waals surface area contributed by atoms with E-state index in [9.17, 15) is 0 Å². The van der Waals surface area contributed by atoms with Gasteiger partial charge in [0.1, 0.15) is 6.33 Å². The van der Waals surface area contributed by atoms with Gasteiger partial charge in [-0.15, -0.1) is 0 Å². The van der Waals surface area contributed by atoms with Gasteiger partial charge in [0.05, 0.1) is 7.11 Å². The van der Waals surface area contributed by atoms with Gasteiger partial charge in [0.2, 0.25) is 0 Å². The molecule has 0 aliphatic carbocycles. The quantitative estimate of drug-likeness (QED) is 0.800. The summed E-state index contributed by atoms with van der Waals surface area (Å²) in [4.78, 5) is 10.3. The molecule has 0 amide bonds. The third-order valence-corrected chi connectivity index (χ3v) is 3.10. The highest BCUT2D eigenvalue weighted by molar-refractivity contribution is 6.31. The zero-order chi connectivity index (χ0) is 13.8. The lowest BCUT2D eigenvalue weighted by molar-refractivity contribution is 0.411. The average molecular weight is 278 g/mol. The predicted octanol–water partition coefficient (Wildman–Crippen LogP) is 3.61. The van der Waals surface area contributed by atoms with Crippen LogP contribution in [0.5, 0.6) is 5.75 Å². The zero-order valence-corrected chi connectivity index (χ0v) is 12.0. The highest BCUT2D eigenvalue weighted by atomic mass is 35.5. The largest absolute Gasteiger partial charge is 0.490 e. The molecule has 1 aromatic heterocycles. The van der Waals surface area contributed by atoms with Gasteiger partial charge in [-0.25, -0.2) is 9.97 Å². The molecule has 0 fully saturated rings. The van der Waals surface area contributed by atoms with Crippen molar-refractivity contribution in [1.82, 2.24) is 9.97 Å². The Morgan fingerprint density at radius 1 is 1.32 bits per heavy atom. The van der Waals surface area contributed by atoms with Gasteiger partial charge in [-0.05, 0) is 31.5 Å². The molecule has 0 unspecified atom stereocenters. The number of hydrogen-bond donors (Lipinski definition) is 0. The standard InChI is InChI=1S/C14H16ClN3O/c1-4-18(11-7-5-6-10(2)8-11)14-12(19-3)13(15)16-9-17-14/h5-9H,4H2,1-3H3. The minimum Gasteiger partial charge on any atom is -0.490 e. The fourth-order valence-corrected chi connectivity index (χ4v) is 2.17. The maximum Gasteiger partial charge on any atom is 0.199 e. The number of methoxy groups -OCH3 is 1. The molecule has 1 heterocycles. The smallest absolute Gasteiger partial charge is 0.199 e. The van der Waals surface area contributed by atoms with Crippen molar-refractivity contribution in [2.24, 2.45) is 0 Å². The van der Waals surface area contributed by atoms with Gasteiger partial charge in [-0.3, -0.25) is 0 Å². The summed E-state index contributed by atoms with van der Waals surface area (Å²) in [6, 6.07) is 8.20. The van der Waals surface area contributed by atoms with Crippen molar-refractivity contribution in [1.29, 1.82) is 0 Å². The summed E-state index contributed by atoms with van der Waals surface area (Å²) < 4.78 is 5.31. The molecule has 1 aromatic carbocycles. The Morgan fingerprint density at radius 3 is 2.74 bits per heavy atom. The van der Waals surface area contributed by atoms with Crippen molar-refractivity contribution in [3.8, 4) is 5.75 Å². The second-order valence-corrected chi connectivity index (χ2v) is 4.46. The van der Waals surface area contributed by atoms with E-state index in [1.807, 2.05) is 17.0 Å². The minimum atomic E-state index is 0.318. The number of hydrogen-bond acceptors (Lipinski definition) is 4. The fourth-order valence-electron chi connectivity index (χ4n) is 1.96. The molecule has 5 heteroatoms. The molecule has 0 N–H and O–H groups in total. The summed E-state index contributed by atoms with van der Waals surface area (Å²) >= 11 is 6.05. The van der Waals surface area contributed by atoms with Crippen molar-refractivity contribution in [3.05, 3.63) is 41.3 Å². The van der Waals surface area contributed by atoms with E-state index in [2.05, 4.69) is 35.9 Å². The second-order valence-electron chi connectivity index (χ2n) is 4.10. The van der Waals surface area contributed by atoms with Crippen LogP contribution < -0.4 is 9.64 Å². The Morgan fingerprint density at radius 2 is 2.11 bits per heavy atom. The lowest BCUT2D eigenvalue weighted by atomic mass is 10.2. The summed E-state index contributed by atoms with van der Waals surface area (Å²) in [5, 5.41) is 0.318. The molecule has 19 heavy (non-hydrogen) atoms. The van der Waals surface area contributed by atoms with Crippen molar-refractivity contribution >= 4 is 23.1 Å². The van der Waals surface area contributed by atoms with Crippen LogP contribution in [-0.2, 0) is 0 Å². The first-order chi connectivity index (χ1) is 9.17. The summed E-state index contributed by atoms with van der Waals surface area (Å²) in [5.41, 5.74) is 2.24. The van der Waals surface area contributed by atoms with Gasteiger partial charge >= 0.3 is 0 Å². The fraction of sp³-hybridized carbons (Fsp3) is 0.286. The molecule has 0 bridgehead atoms. The molecular weight excluding hydrogens is 262 g/mol. The maximum atomic E-state index is 6.05. The van der Waals surface area contributed by atoms with Gasteiger partial charge < -0.3 is 9.64 Å². The Labute approximate surface area is 118 Å². The van der Waals surface area contributed by atoms with Crippen LogP contribution in [0.3, 0.4) is 0 Å². The van der Waals surface area contributed by atoms with Crippen LogP contribution in [-0.4, -0.2) is 23.6 Å². The number of halogens is 1. The molecule has 100 valence electrons. The maximum absolute atomic E-state index is 6.05. The Balaban J connectivity index is 2.51. The summed E-state index contributed by atoms with van der Waals surface area (Å²) in [6.07, 6.45) is 1.44. The van der Waals surface area contributed by atoms with Crippen LogP contribution in [0.2, 0.25) is 5.15 Å². The lowest BCUT2D eigenvalue weighted by Crippen LogP contribution is -2.18. The average Bonchev–Trinajstić information content (AvgIpc) is 2.40. The molecule has 0 atom stereocenters. The predicted molar refractivity (Wildman–Crippen MR) is 77.5 cm³/mol. The van der Waals surface area contributed by atoms with Crippen LogP contribution in [0.1, 0.15) is 12.5 Å². The molecule has 2 aromatic rings. The molecule has 0 saturated carbocycles. The number of ether oxygens (including phenoxy) is 1. The van der Waals surface area contributed by atoms with Crippen molar-refractivity contribution in [2.45, 2.75) is 13.8 Å². The van der Waals surface area contributed by atoms with Crippen LogP contribution in [0.25, 0.3) is 0 Å². The van der Waals surface area contributed by atoms with Gasteiger partial charge in [0.15, 0.2) is 16.7 Å². The topological polar surface area (TPSA) is 38.2 Å². The molecule has 0 saturated heterocycles. The van der Waals surface area contributed by atoms with Gasteiger partial charge in [0, 0.05) is 12.2 Å². The molecule has 0 spiro atoms. The number of aryl methyl sites for hydroxylation is 1. The third kappa shape index (κ3) is 2.79. The van der Waals surface area contributed by atoms with Crippen LogP contribution >= 0.6 is 11.6 Å². The van der Waals surface area contributed by atoms with E-state index >= 15 is 0 Å². The van der Waals surface area contributed by atoms with E-state index in [-0.39, 0.29) is 0 Å². The highest BCUT2D eigenvalue weighted by Crippen LogP contribution is 2.35. The molecule has 0 aliphatic rings. The SMILES string of the molecule is CCN(c1cccc(C)c1)c1ncnc(Cl)c1OC. The molecular formula is C14H16ClN3O. The van der Waals surface area contributed by atoms with E-state index in [4.69, 9.17) is 16.3 Å².